The van der Waals surface area contributed by atoms with Crippen LogP contribution in [0.3, 0.4) is 0 Å². The van der Waals surface area contributed by atoms with Gasteiger partial charge in [-0.3, -0.25) is 0 Å². The average molecular weight is 235 g/mol. The van der Waals surface area contributed by atoms with Crippen molar-refractivity contribution in [2.75, 3.05) is 0 Å². The smallest absolute Gasteiger partial charge is 0.128 e. The van der Waals surface area contributed by atoms with E-state index >= 15 is 0 Å². The first-order chi connectivity index (χ1) is 7.59. The van der Waals surface area contributed by atoms with Crippen LogP contribution in [-0.2, 0) is 0 Å². The number of hydrogen-bond acceptors (Lipinski definition) is 2. The molecule has 2 rings (SSSR count). The summed E-state index contributed by atoms with van der Waals surface area (Å²) in [7, 11) is 0. The Morgan fingerprint density at radius 2 is 2.06 bits per heavy atom. The Kier molecular flexibility index (Phi) is 3.08. The Balaban J connectivity index is 2.48. The van der Waals surface area contributed by atoms with E-state index in [9.17, 15) is 4.39 Å². The number of aryl methyl sites for hydroxylation is 2. The lowest BCUT2D eigenvalue weighted by Crippen LogP contribution is -2.14. The topological polar surface area (TPSA) is 26.0 Å². The van der Waals surface area contributed by atoms with E-state index in [-0.39, 0.29) is 11.9 Å². The predicted octanol–water partition coefficient (Wildman–Crippen LogP) is 3.55. The molecule has 0 bridgehead atoms. The second-order valence-electron chi connectivity index (χ2n) is 3.97. The average Bonchev–Trinajstić information content (AvgIpc) is 2.67. The predicted molar refractivity (Wildman–Crippen MR) is 66.2 cm³/mol. The Hall–Kier alpha value is -1.19. The molecule has 2 aromatic rings. The lowest BCUT2D eigenvalue weighted by Gasteiger charge is -2.15. The van der Waals surface area contributed by atoms with Crippen LogP contribution in [0.2, 0.25) is 0 Å². The van der Waals surface area contributed by atoms with E-state index in [4.69, 9.17) is 5.73 Å². The first-order valence-corrected chi connectivity index (χ1v) is 6.03. The zero-order chi connectivity index (χ0) is 11.7. The van der Waals surface area contributed by atoms with Crippen molar-refractivity contribution in [3.05, 3.63) is 57.0 Å². The van der Waals surface area contributed by atoms with E-state index in [1.165, 1.54) is 6.07 Å². The molecule has 84 valence electrons. The van der Waals surface area contributed by atoms with Crippen molar-refractivity contribution >= 4 is 11.3 Å². The number of thiophene rings is 1. The largest absolute Gasteiger partial charge is 0.320 e. The van der Waals surface area contributed by atoms with E-state index in [1.54, 1.807) is 11.3 Å². The molecular formula is C13H14FNS. The van der Waals surface area contributed by atoms with Gasteiger partial charge in [-0.25, -0.2) is 4.39 Å². The summed E-state index contributed by atoms with van der Waals surface area (Å²) in [5.41, 5.74) is 8.53. The van der Waals surface area contributed by atoms with Crippen LogP contribution in [0, 0.1) is 19.7 Å². The molecule has 3 heteroatoms. The molecule has 1 unspecified atom stereocenters. The maximum absolute atomic E-state index is 13.9. The number of rotatable bonds is 2. The second kappa shape index (κ2) is 4.36. The highest BCUT2D eigenvalue weighted by Crippen LogP contribution is 2.28. The van der Waals surface area contributed by atoms with Crippen LogP contribution < -0.4 is 5.73 Å². The molecule has 1 atom stereocenters. The fraction of sp³-hybridized carbons (Fsp3) is 0.231. The van der Waals surface area contributed by atoms with E-state index < -0.39 is 0 Å². The van der Waals surface area contributed by atoms with Crippen LogP contribution in [-0.4, -0.2) is 0 Å². The normalized spacial score (nSPS) is 12.8. The lowest BCUT2D eigenvalue weighted by molar-refractivity contribution is 0.597. The third kappa shape index (κ3) is 2.01. The van der Waals surface area contributed by atoms with Crippen LogP contribution in [0.5, 0.6) is 0 Å². The fourth-order valence-electron chi connectivity index (χ4n) is 1.93. The molecule has 0 spiro atoms. The first kappa shape index (κ1) is 11.3. The molecule has 1 heterocycles. The monoisotopic (exact) mass is 235 g/mol. The van der Waals surface area contributed by atoms with Gasteiger partial charge in [0.1, 0.15) is 5.82 Å². The summed E-state index contributed by atoms with van der Waals surface area (Å²) in [5, 5.41) is 1.95. The molecule has 0 saturated heterocycles. The van der Waals surface area contributed by atoms with Crippen molar-refractivity contribution in [2.24, 2.45) is 5.73 Å². The van der Waals surface area contributed by atoms with Gasteiger partial charge in [-0.05, 0) is 42.5 Å². The van der Waals surface area contributed by atoms with Crippen molar-refractivity contribution in [3.63, 3.8) is 0 Å². The zero-order valence-corrected chi connectivity index (χ0v) is 10.1. The van der Waals surface area contributed by atoms with Crippen molar-refractivity contribution in [1.29, 1.82) is 0 Å². The van der Waals surface area contributed by atoms with Gasteiger partial charge in [-0.15, -0.1) is 11.3 Å². The highest BCUT2D eigenvalue weighted by molar-refractivity contribution is 7.10. The van der Waals surface area contributed by atoms with Crippen LogP contribution in [0.1, 0.15) is 27.6 Å². The van der Waals surface area contributed by atoms with Crippen LogP contribution in [0.4, 0.5) is 4.39 Å². The minimum absolute atomic E-state index is 0.210. The SMILES string of the molecule is Cc1cc(C)c(C(N)c2cccs2)c(F)c1. The molecule has 2 N–H and O–H groups in total. The van der Waals surface area contributed by atoms with E-state index in [0.29, 0.717) is 5.56 Å². The fourth-order valence-corrected chi connectivity index (χ4v) is 2.67. The van der Waals surface area contributed by atoms with Gasteiger partial charge in [0.15, 0.2) is 0 Å². The Morgan fingerprint density at radius 1 is 1.31 bits per heavy atom. The van der Waals surface area contributed by atoms with Gasteiger partial charge < -0.3 is 5.73 Å². The summed E-state index contributed by atoms with van der Waals surface area (Å²) in [5.74, 6) is -0.210. The van der Waals surface area contributed by atoms with Crippen molar-refractivity contribution < 1.29 is 4.39 Å². The quantitative estimate of drug-likeness (QED) is 0.846. The van der Waals surface area contributed by atoms with Gasteiger partial charge in [-0.2, -0.15) is 0 Å². The Bertz CT molecular complexity index is 468. The van der Waals surface area contributed by atoms with Crippen molar-refractivity contribution in [2.45, 2.75) is 19.9 Å². The molecule has 1 aromatic carbocycles. The van der Waals surface area contributed by atoms with Crippen LogP contribution in [0.15, 0.2) is 29.6 Å². The summed E-state index contributed by atoms with van der Waals surface area (Å²) in [6.07, 6.45) is 0. The van der Waals surface area contributed by atoms with Gasteiger partial charge in [0.2, 0.25) is 0 Å². The van der Waals surface area contributed by atoms with E-state index in [0.717, 1.165) is 16.0 Å². The number of benzene rings is 1. The van der Waals surface area contributed by atoms with Gasteiger partial charge in [0.25, 0.3) is 0 Å². The maximum Gasteiger partial charge on any atom is 0.128 e. The third-order valence-corrected chi connectivity index (χ3v) is 3.60. The second-order valence-corrected chi connectivity index (χ2v) is 4.95. The first-order valence-electron chi connectivity index (χ1n) is 5.15. The van der Waals surface area contributed by atoms with E-state index in [2.05, 4.69) is 0 Å². The molecule has 0 amide bonds. The van der Waals surface area contributed by atoms with Crippen molar-refractivity contribution in [3.8, 4) is 0 Å². The molecule has 16 heavy (non-hydrogen) atoms. The molecule has 1 nitrogen and oxygen atoms in total. The minimum atomic E-state index is -0.361. The molecule has 0 aliphatic rings. The van der Waals surface area contributed by atoms with Gasteiger partial charge in [0.05, 0.1) is 6.04 Å². The molecule has 0 saturated carbocycles. The molecular weight excluding hydrogens is 221 g/mol. The number of halogens is 1. The summed E-state index contributed by atoms with van der Waals surface area (Å²) in [6, 6.07) is 7.01. The van der Waals surface area contributed by atoms with Gasteiger partial charge in [0, 0.05) is 10.4 Å². The van der Waals surface area contributed by atoms with Crippen molar-refractivity contribution in [1.82, 2.24) is 0 Å². The number of hydrogen-bond donors (Lipinski definition) is 1. The molecule has 1 aromatic heterocycles. The molecule has 0 radical (unpaired) electrons. The molecule has 0 aliphatic carbocycles. The Morgan fingerprint density at radius 3 is 2.62 bits per heavy atom. The summed E-state index contributed by atoms with van der Waals surface area (Å²) < 4.78 is 13.9. The van der Waals surface area contributed by atoms with Gasteiger partial charge in [-0.1, -0.05) is 12.1 Å². The molecule has 0 aliphatic heterocycles. The van der Waals surface area contributed by atoms with Crippen LogP contribution in [0.25, 0.3) is 0 Å². The van der Waals surface area contributed by atoms with E-state index in [1.807, 2.05) is 37.4 Å². The lowest BCUT2D eigenvalue weighted by atomic mass is 9.98. The summed E-state index contributed by atoms with van der Waals surface area (Å²) >= 11 is 1.56. The van der Waals surface area contributed by atoms with Crippen LogP contribution >= 0.6 is 11.3 Å². The zero-order valence-electron chi connectivity index (χ0n) is 9.33. The maximum atomic E-state index is 13.9. The minimum Gasteiger partial charge on any atom is -0.320 e. The van der Waals surface area contributed by atoms with Gasteiger partial charge >= 0.3 is 0 Å². The highest BCUT2D eigenvalue weighted by Gasteiger charge is 2.17. The summed E-state index contributed by atoms with van der Waals surface area (Å²) in [4.78, 5) is 0.992. The molecule has 0 fully saturated rings. The summed E-state index contributed by atoms with van der Waals surface area (Å²) in [6.45, 7) is 3.79. The highest BCUT2D eigenvalue weighted by atomic mass is 32.1. The number of nitrogens with two attached hydrogens (primary N) is 1. The standard InChI is InChI=1S/C13H14FNS/c1-8-6-9(2)12(10(14)7-8)13(15)11-4-3-5-16-11/h3-7,13H,15H2,1-2H3. The Labute approximate surface area is 98.7 Å². The third-order valence-electron chi connectivity index (χ3n) is 2.64.